The first-order chi connectivity index (χ1) is 14.6. The summed E-state index contributed by atoms with van der Waals surface area (Å²) in [6.45, 7) is 3.76. The Bertz CT molecular complexity index is 1230. The van der Waals surface area contributed by atoms with Gasteiger partial charge in [0.2, 0.25) is 0 Å². The molecule has 1 atom stereocenters. The summed E-state index contributed by atoms with van der Waals surface area (Å²) in [5.41, 5.74) is 0.594. The summed E-state index contributed by atoms with van der Waals surface area (Å²) in [5, 5.41) is 6.60. The summed E-state index contributed by atoms with van der Waals surface area (Å²) in [7, 11) is -1.12. The van der Waals surface area contributed by atoms with Gasteiger partial charge in [-0.25, -0.2) is 8.78 Å². The predicted molar refractivity (Wildman–Crippen MR) is 112 cm³/mol. The Labute approximate surface area is 178 Å². The van der Waals surface area contributed by atoms with Crippen LogP contribution >= 0.6 is 0 Å². The molecule has 164 valence electrons. The molecule has 2 aliphatic heterocycles. The minimum Gasteiger partial charge on any atom is -0.461 e. The van der Waals surface area contributed by atoms with Crippen LogP contribution in [0.15, 0.2) is 18.2 Å². The molecule has 0 radical (unpaired) electrons. The lowest BCUT2D eigenvalue weighted by Gasteiger charge is -2.40. The molecule has 3 heterocycles. The number of halogens is 2. The number of nitrogens with one attached hydrogen (secondary N) is 2. The standard InChI is InChI=1S/C21H20F2N3O4S/c1-11-16(18(27)20(29)25-21(2)9-31(30)10-21)15-4-3-7-26(15)17(11)19(28)24-12-5-6-13(22)14(23)8-12/h5-6,8-9H,3-4,7,10H2,1-2H3,(H,24,28)(H,25,29)/q-1. The van der Waals surface area contributed by atoms with Gasteiger partial charge in [-0.05, 0) is 44.4 Å². The summed E-state index contributed by atoms with van der Waals surface area (Å²) < 4.78 is 39.7. The summed E-state index contributed by atoms with van der Waals surface area (Å²) in [4.78, 5) is 38.5. The van der Waals surface area contributed by atoms with Crippen LogP contribution in [0.2, 0.25) is 0 Å². The van der Waals surface area contributed by atoms with Crippen LogP contribution < -0.4 is 10.6 Å². The van der Waals surface area contributed by atoms with Crippen molar-refractivity contribution < 1.29 is 27.4 Å². The molecule has 1 aromatic carbocycles. The molecule has 0 saturated carbocycles. The van der Waals surface area contributed by atoms with Crippen LogP contribution in [-0.2, 0) is 32.4 Å². The van der Waals surface area contributed by atoms with Gasteiger partial charge in [0.1, 0.15) is 5.69 Å². The van der Waals surface area contributed by atoms with Crippen LogP contribution in [0.3, 0.4) is 0 Å². The SMILES string of the molecule is Cc1c(C(=O)C(=O)NC2(C)C=[S-](=O)C2)c2n(c1C(=O)Nc1ccc(F)c(F)c1)CCC2. The number of nitrogens with zero attached hydrogens (tertiary/aromatic N) is 1. The van der Waals surface area contributed by atoms with E-state index in [2.05, 4.69) is 10.6 Å². The number of hydrogen-bond acceptors (Lipinski definition) is 5. The van der Waals surface area contributed by atoms with Crippen LogP contribution in [0.4, 0.5) is 14.5 Å². The van der Waals surface area contributed by atoms with Gasteiger partial charge >= 0.3 is 0 Å². The highest BCUT2D eigenvalue weighted by atomic mass is 32.2. The molecule has 1 unspecified atom stereocenters. The van der Waals surface area contributed by atoms with Crippen molar-refractivity contribution in [2.75, 3.05) is 11.1 Å². The molecule has 0 saturated heterocycles. The number of hydrogen-bond donors (Lipinski definition) is 2. The first kappa shape index (κ1) is 21.2. The van der Waals surface area contributed by atoms with E-state index in [1.165, 1.54) is 11.4 Å². The summed E-state index contributed by atoms with van der Waals surface area (Å²) in [6, 6.07) is 3.01. The number of carbonyl (C=O) groups is 3. The minimum absolute atomic E-state index is 0.0731. The summed E-state index contributed by atoms with van der Waals surface area (Å²) in [6.07, 6.45) is 1.23. The highest BCUT2D eigenvalue weighted by Crippen LogP contribution is 2.30. The van der Waals surface area contributed by atoms with E-state index in [0.717, 1.165) is 12.1 Å². The van der Waals surface area contributed by atoms with Crippen molar-refractivity contribution in [2.24, 2.45) is 0 Å². The van der Waals surface area contributed by atoms with Crippen molar-refractivity contribution in [1.82, 2.24) is 9.88 Å². The predicted octanol–water partition coefficient (Wildman–Crippen LogP) is 2.11. The molecule has 2 aromatic rings. The molecule has 10 heteroatoms. The van der Waals surface area contributed by atoms with Crippen molar-refractivity contribution in [3.05, 3.63) is 52.3 Å². The van der Waals surface area contributed by atoms with E-state index in [-0.39, 0.29) is 22.7 Å². The number of ketones is 1. The zero-order valence-corrected chi connectivity index (χ0v) is 17.7. The van der Waals surface area contributed by atoms with Gasteiger partial charge in [-0.15, -0.1) is 0 Å². The lowest BCUT2D eigenvalue weighted by molar-refractivity contribution is -0.117. The largest absolute Gasteiger partial charge is 0.461 e. The van der Waals surface area contributed by atoms with Crippen molar-refractivity contribution in [3.63, 3.8) is 0 Å². The fourth-order valence-electron chi connectivity index (χ4n) is 4.13. The van der Waals surface area contributed by atoms with E-state index in [1.54, 1.807) is 18.4 Å². The Morgan fingerprint density at radius 2 is 1.90 bits per heavy atom. The first-order valence-electron chi connectivity index (χ1n) is 9.68. The van der Waals surface area contributed by atoms with Gasteiger partial charge in [0, 0.05) is 29.5 Å². The number of fused-ring (bicyclic) bond motifs is 1. The Morgan fingerprint density at radius 1 is 1.19 bits per heavy atom. The number of Topliss-reactive ketones (excluding diaryl/α,β-unsaturated/α-hetero) is 1. The maximum Gasteiger partial charge on any atom is 0.293 e. The Balaban J connectivity index is 1.63. The van der Waals surface area contributed by atoms with Crippen LogP contribution in [-0.4, -0.2) is 38.8 Å². The molecule has 0 fully saturated rings. The van der Waals surface area contributed by atoms with Gasteiger partial charge in [-0.2, -0.15) is 5.37 Å². The van der Waals surface area contributed by atoms with Gasteiger partial charge in [0.15, 0.2) is 11.6 Å². The number of rotatable bonds is 5. The molecule has 2 amide bonds. The van der Waals surface area contributed by atoms with Gasteiger partial charge in [0.25, 0.3) is 17.6 Å². The van der Waals surface area contributed by atoms with Crippen molar-refractivity contribution in [1.29, 1.82) is 0 Å². The van der Waals surface area contributed by atoms with E-state index in [0.29, 0.717) is 30.6 Å². The first-order valence-corrected chi connectivity index (χ1v) is 11.1. The van der Waals surface area contributed by atoms with E-state index >= 15 is 0 Å². The quantitative estimate of drug-likeness (QED) is 0.317. The topological polar surface area (TPSA) is 97.3 Å². The number of anilines is 1. The number of benzene rings is 1. The van der Waals surface area contributed by atoms with Crippen molar-refractivity contribution >= 4 is 39.0 Å². The van der Waals surface area contributed by atoms with Crippen LogP contribution in [0, 0.1) is 18.6 Å². The minimum atomic E-state index is -1.12. The third-order valence-corrected chi connectivity index (χ3v) is 7.14. The van der Waals surface area contributed by atoms with Crippen molar-refractivity contribution in [2.45, 2.75) is 38.8 Å². The smallest absolute Gasteiger partial charge is 0.293 e. The molecule has 0 bridgehead atoms. The number of carbonyl (C=O) groups excluding carboxylic acids is 3. The molecule has 1 aromatic heterocycles. The fraction of sp³-hybridized carbons (Fsp3) is 0.333. The molecular formula is C21H20F2N3O4S-. The van der Waals surface area contributed by atoms with Crippen LogP contribution in [0.1, 0.15) is 45.4 Å². The van der Waals surface area contributed by atoms with Crippen LogP contribution in [0.25, 0.3) is 0 Å². The zero-order valence-electron chi connectivity index (χ0n) is 16.9. The molecule has 7 nitrogen and oxygen atoms in total. The Hall–Kier alpha value is -3.01. The normalized spacial score (nSPS) is 19.9. The maximum absolute atomic E-state index is 13.5. The van der Waals surface area contributed by atoms with Crippen LogP contribution in [0.5, 0.6) is 0 Å². The van der Waals surface area contributed by atoms with Gasteiger partial charge < -0.3 is 19.4 Å². The summed E-state index contributed by atoms with van der Waals surface area (Å²) in [5.74, 6) is -4.06. The van der Waals surface area contributed by atoms with Crippen molar-refractivity contribution in [3.8, 4) is 0 Å². The van der Waals surface area contributed by atoms with Gasteiger partial charge in [-0.3, -0.25) is 24.8 Å². The molecule has 2 N–H and O–H groups in total. The van der Waals surface area contributed by atoms with E-state index < -0.39 is 45.2 Å². The van der Waals surface area contributed by atoms with E-state index in [9.17, 15) is 27.4 Å². The zero-order chi connectivity index (χ0) is 22.5. The third-order valence-electron chi connectivity index (χ3n) is 5.47. The molecule has 2 aliphatic rings. The Morgan fingerprint density at radius 3 is 2.55 bits per heavy atom. The highest BCUT2D eigenvalue weighted by molar-refractivity contribution is 7.85. The van der Waals surface area contributed by atoms with E-state index in [4.69, 9.17) is 0 Å². The average molecular weight is 448 g/mol. The van der Waals surface area contributed by atoms with E-state index in [1.807, 2.05) is 0 Å². The number of amides is 2. The molecule has 0 spiro atoms. The maximum atomic E-state index is 13.5. The number of aromatic nitrogens is 1. The van der Waals surface area contributed by atoms with Gasteiger partial charge in [-0.1, -0.05) is 5.75 Å². The molecule has 4 rings (SSSR count). The second kappa shape index (κ2) is 7.60. The average Bonchev–Trinajstić information content (AvgIpc) is 3.22. The Kier molecular flexibility index (Phi) is 5.20. The fourth-order valence-corrected chi connectivity index (χ4v) is 5.39. The monoisotopic (exact) mass is 448 g/mol. The summed E-state index contributed by atoms with van der Waals surface area (Å²) >= 11 is 0. The molecule has 0 aliphatic carbocycles. The molecular weight excluding hydrogens is 428 g/mol. The third kappa shape index (κ3) is 3.76. The highest BCUT2D eigenvalue weighted by Gasteiger charge is 2.35. The lowest BCUT2D eigenvalue weighted by atomic mass is 10.0. The second-order valence-electron chi connectivity index (χ2n) is 7.98. The molecule has 31 heavy (non-hydrogen) atoms. The second-order valence-corrected chi connectivity index (χ2v) is 9.26. The lowest BCUT2D eigenvalue weighted by Crippen LogP contribution is -2.57. The van der Waals surface area contributed by atoms with Gasteiger partial charge in [0.05, 0.1) is 5.56 Å².